The summed E-state index contributed by atoms with van der Waals surface area (Å²) in [5, 5.41) is 6.36. The Morgan fingerprint density at radius 1 is 1.16 bits per heavy atom. The average Bonchev–Trinajstić information content (AvgIpc) is 2.42. The molecule has 19 heavy (non-hydrogen) atoms. The largest absolute Gasteiger partial charge is 0.373 e. The van der Waals surface area contributed by atoms with Crippen LogP contribution in [0.3, 0.4) is 0 Å². The molecule has 1 aromatic carbocycles. The van der Waals surface area contributed by atoms with Crippen LogP contribution in [0.1, 0.15) is 18.3 Å². The highest BCUT2D eigenvalue weighted by atomic mass is 79.9. The van der Waals surface area contributed by atoms with Crippen molar-refractivity contribution in [3.63, 3.8) is 0 Å². The van der Waals surface area contributed by atoms with Gasteiger partial charge in [-0.3, -0.25) is 0 Å². The van der Waals surface area contributed by atoms with E-state index in [1.165, 1.54) is 5.56 Å². The van der Waals surface area contributed by atoms with E-state index in [2.05, 4.69) is 49.5 Å². The first-order valence-corrected chi connectivity index (χ1v) is 7.00. The number of hydrogen-bond acceptors (Lipinski definition) is 4. The number of hydrogen-bond donors (Lipinski definition) is 2. The Bertz CT molecular complexity index is 561. The quantitative estimate of drug-likeness (QED) is 0.897. The average molecular weight is 321 g/mol. The van der Waals surface area contributed by atoms with Crippen LogP contribution in [0.25, 0.3) is 0 Å². The van der Waals surface area contributed by atoms with Crippen molar-refractivity contribution in [2.75, 3.05) is 17.7 Å². The van der Waals surface area contributed by atoms with Gasteiger partial charge >= 0.3 is 0 Å². The van der Waals surface area contributed by atoms with Crippen LogP contribution in [0, 0.1) is 6.92 Å². The fourth-order valence-electron chi connectivity index (χ4n) is 1.72. The van der Waals surface area contributed by atoms with Crippen LogP contribution in [0.2, 0.25) is 0 Å². The monoisotopic (exact) mass is 320 g/mol. The number of rotatable bonds is 4. The SMILES string of the molecule is CCc1nc(NC)cc(Nc2ccc(Br)c(C)c2)n1. The summed E-state index contributed by atoms with van der Waals surface area (Å²) in [5.41, 5.74) is 2.20. The van der Waals surface area contributed by atoms with Crippen LogP contribution in [-0.4, -0.2) is 17.0 Å². The third-order valence-electron chi connectivity index (χ3n) is 2.78. The molecule has 0 amide bonds. The maximum absolute atomic E-state index is 4.47. The van der Waals surface area contributed by atoms with Gasteiger partial charge in [-0.05, 0) is 30.7 Å². The summed E-state index contributed by atoms with van der Waals surface area (Å²) in [7, 11) is 1.86. The lowest BCUT2D eigenvalue weighted by molar-refractivity contribution is 0.944. The molecule has 5 heteroatoms. The number of benzene rings is 1. The summed E-state index contributed by atoms with van der Waals surface area (Å²) in [6, 6.07) is 8.02. The molecule has 1 heterocycles. The van der Waals surface area contributed by atoms with Crippen LogP contribution < -0.4 is 10.6 Å². The summed E-state index contributed by atoms with van der Waals surface area (Å²) in [6.45, 7) is 4.11. The van der Waals surface area contributed by atoms with Crippen molar-refractivity contribution in [3.05, 3.63) is 40.1 Å². The predicted octanol–water partition coefficient (Wildman–Crippen LogP) is 3.90. The lowest BCUT2D eigenvalue weighted by atomic mass is 10.2. The van der Waals surface area contributed by atoms with Crippen molar-refractivity contribution in [3.8, 4) is 0 Å². The Kier molecular flexibility index (Phi) is 4.37. The smallest absolute Gasteiger partial charge is 0.136 e. The number of aryl methyl sites for hydroxylation is 2. The van der Waals surface area contributed by atoms with Gasteiger partial charge in [0.2, 0.25) is 0 Å². The molecule has 2 N–H and O–H groups in total. The zero-order chi connectivity index (χ0) is 13.8. The molecular weight excluding hydrogens is 304 g/mol. The van der Waals surface area contributed by atoms with Gasteiger partial charge in [0.1, 0.15) is 17.5 Å². The van der Waals surface area contributed by atoms with Gasteiger partial charge in [-0.2, -0.15) is 0 Å². The maximum Gasteiger partial charge on any atom is 0.136 e. The topological polar surface area (TPSA) is 49.8 Å². The molecule has 0 bridgehead atoms. The van der Waals surface area contributed by atoms with Crippen LogP contribution in [-0.2, 0) is 6.42 Å². The Morgan fingerprint density at radius 3 is 2.53 bits per heavy atom. The second kappa shape index (κ2) is 6.02. The number of anilines is 3. The fraction of sp³-hybridized carbons (Fsp3) is 0.286. The molecule has 0 fully saturated rings. The summed E-state index contributed by atoms with van der Waals surface area (Å²) in [6.07, 6.45) is 0.809. The highest BCUT2D eigenvalue weighted by molar-refractivity contribution is 9.10. The normalized spacial score (nSPS) is 10.3. The molecule has 0 saturated carbocycles. The van der Waals surface area contributed by atoms with E-state index in [1.807, 2.05) is 32.2 Å². The van der Waals surface area contributed by atoms with E-state index >= 15 is 0 Å². The number of aromatic nitrogens is 2. The third kappa shape index (κ3) is 3.44. The zero-order valence-electron chi connectivity index (χ0n) is 11.3. The Balaban J connectivity index is 2.29. The second-order valence-corrected chi connectivity index (χ2v) is 5.10. The van der Waals surface area contributed by atoms with E-state index in [1.54, 1.807) is 0 Å². The molecule has 0 atom stereocenters. The Morgan fingerprint density at radius 2 is 1.89 bits per heavy atom. The van der Waals surface area contributed by atoms with Crippen molar-refractivity contribution >= 4 is 33.3 Å². The van der Waals surface area contributed by atoms with E-state index < -0.39 is 0 Å². The van der Waals surface area contributed by atoms with Gasteiger partial charge in [-0.1, -0.05) is 22.9 Å². The number of nitrogens with zero attached hydrogens (tertiary/aromatic N) is 2. The molecule has 1 aromatic heterocycles. The molecule has 0 spiro atoms. The molecule has 2 rings (SSSR count). The van der Waals surface area contributed by atoms with Crippen molar-refractivity contribution in [1.29, 1.82) is 0 Å². The number of halogens is 1. The molecule has 0 unspecified atom stereocenters. The molecule has 100 valence electrons. The van der Waals surface area contributed by atoms with E-state index in [0.717, 1.165) is 34.0 Å². The third-order valence-corrected chi connectivity index (χ3v) is 3.66. The van der Waals surface area contributed by atoms with E-state index in [9.17, 15) is 0 Å². The number of nitrogens with one attached hydrogen (secondary N) is 2. The fourth-order valence-corrected chi connectivity index (χ4v) is 1.96. The van der Waals surface area contributed by atoms with Gasteiger partial charge in [0.25, 0.3) is 0 Å². The highest BCUT2D eigenvalue weighted by Crippen LogP contribution is 2.23. The first kappa shape index (κ1) is 13.8. The van der Waals surface area contributed by atoms with Gasteiger partial charge in [-0.25, -0.2) is 9.97 Å². The molecular formula is C14H17BrN4. The molecule has 4 nitrogen and oxygen atoms in total. The summed E-state index contributed by atoms with van der Waals surface area (Å²) in [4.78, 5) is 8.85. The molecule has 0 saturated heterocycles. The van der Waals surface area contributed by atoms with Crippen molar-refractivity contribution in [2.45, 2.75) is 20.3 Å². The minimum absolute atomic E-state index is 0.804. The predicted molar refractivity (Wildman–Crippen MR) is 83.1 cm³/mol. The Hall–Kier alpha value is -1.62. The van der Waals surface area contributed by atoms with E-state index in [0.29, 0.717) is 0 Å². The zero-order valence-corrected chi connectivity index (χ0v) is 12.9. The van der Waals surface area contributed by atoms with Crippen molar-refractivity contribution in [2.24, 2.45) is 0 Å². The summed E-state index contributed by atoms with van der Waals surface area (Å²) in [5.74, 6) is 2.45. The molecule has 0 aliphatic rings. The molecule has 2 aromatic rings. The van der Waals surface area contributed by atoms with Gasteiger partial charge in [0.05, 0.1) is 0 Å². The van der Waals surface area contributed by atoms with Crippen molar-refractivity contribution in [1.82, 2.24) is 9.97 Å². The van der Waals surface area contributed by atoms with Gasteiger partial charge in [0.15, 0.2) is 0 Å². The van der Waals surface area contributed by atoms with Crippen molar-refractivity contribution < 1.29 is 0 Å². The standard InChI is InChI=1S/C14H17BrN4/c1-4-12-18-13(16-3)8-14(19-12)17-10-5-6-11(15)9(2)7-10/h5-8H,4H2,1-3H3,(H2,16,17,18,19). The second-order valence-electron chi connectivity index (χ2n) is 4.25. The van der Waals surface area contributed by atoms with Crippen LogP contribution in [0.15, 0.2) is 28.7 Å². The van der Waals surface area contributed by atoms with E-state index in [-0.39, 0.29) is 0 Å². The molecule has 0 aliphatic heterocycles. The van der Waals surface area contributed by atoms with Crippen LogP contribution in [0.4, 0.5) is 17.3 Å². The minimum Gasteiger partial charge on any atom is -0.373 e. The summed E-state index contributed by atoms with van der Waals surface area (Å²) < 4.78 is 1.10. The van der Waals surface area contributed by atoms with Crippen LogP contribution >= 0.6 is 15.9 Å². The first-order valence-electron chi connectivity index (χ1n) is 6.21. The van der Waals surface area contributed by atoms with Gasteiger partial charge < -0.3 is 10.6 Å². The van der Waals surface area contributed by atoms with Crippen LogP contribution in [0.5, 0.6) is 0 Å². The van der Waals surface area contributed by atoms with Gasteiger partial charge in [-0.15, -0.1) is 0 Å². The van der Waals surface area contributed by atoms with E-state index in [4.69, 9.17) is 0 Å². The molecule has 0 aliphatic carbocycles. The highest BCUT2D eigenvalue weighted by Gasteiger charge is 2.04. The first-order chi connectivity index (χ1) is 9.12. The molecule has 0 radical (unpaired) electrons. The lowest BCUT2D eigenvalue weighted by Crippen LogP contribution is -2.03. The maximum atomic E-state index is 4.47. The summed E-state index contributed by atoms with van der Waals surface area (Å²) >= 11 is 3.50. The van der Waals surface area contributed by atoms with Gasteiger partial charge in [0, 0.05) is 29.7 Å². The Labute approximate surface area is 121 Å². The lowest BCUT2D eigenvalue weighted by Gasteiger charge is -2.10. The minimum atomic E-state index is 0.804.